The Morgan fingerprint density at radius 3 is 2.18 bits per heavy atom. The van der Waals surface area contributed by atoms with Gasteiger partial charge < -0.3 is 4.74 Å². The zero-order chi connectivity index (χ0) is 23.8. The van der Waals surface area contributed by atoms with Crippen LogP contribution >= 0.6 is 11.6 Å². The highest BCUT2D eigenvalue weighted by molar-refractivity contribution is 6.33. The summed E-state index contributed by atoms with van der Waals surface area (Å²) in [5.41, 5.74) is 4.45. The van der Waals surface area contributed by atoms with Crippen LogP contribution in [0, 0.1) is 11.8 Å². The molecule has 0 spiro atoms. The standard InChI is InChI=1S/C28H22ClNO4/c1-3-34-22-13-12-16(15(2)31)14-21(22)30-26(32)24-23-17-8-4-6-10-19(17)28(29,25(24)27(30)33)20-11-7-5-9-18(20)23/h4-14,23-25H,3H2,1-2H3/t23?,24-,25+,28?/m0/s1. The van der Waals surface area contributed by atoms with Crippen LogP contribution in [-0.2, 0) is 14.5 Å². The van der Waals surface area contributed by atoms with Crippen molar-refractivity contribution in [3.05, 3.63) is 94.5 Å². The van der Waals surface area contributed by atoms with Crippen molar-refractivity contribution in [2.45, 2.75) is 24.6 Å². The number of Topliss-reactive ketones (excluding diaryl/α,β-unsaturated/α-hetero) is 1. The van der Waals surface area contributed by atoms with Gasteiger partial charge in [-0.05, 0) is 54.3 Å². The normalized spacial score (nSPS) is 26.2. The van der Waals surface area contributed by atoms with Gasteiger partial charge in [0.25, 0.3) is 0 Å². The summed E-state index contributed by atoms with van der Waals surface area (Å²) < 4.78 is 5.76. The number of ketones is 1. The molecule has 0 saturated carbocycles. The first-order valence-electron chi connectivity index (χ1n) is 11.4. The van der Waals surface area contributed by atoms with E-state index in [0.29, 0.717) is 23.6 Å². The number of rotatable bonds is 4. The molecule has 1 aliphatic heterocycles. The predicted octanol–water partition coefficient (Wildman–Crippen LogP) is 5.04. The minimum absolute atomic E-state index is 0.158. The maximum atomic E-state index is 14.1. The molecule has 34 heavy (non-hydrogen) atoms. The first-order chi connectivity index (χ1) is 16.4. The second-order valence-corrected chi connectivity index (χ2v) is 9.65. The van der Waals surface area contributed by atoms with E-state index in [-0.39, 0.29) is 23.5 Å². The number of anilines is 1. The molecular weight excluding hydrogens is 450 g/mol. The second-order valence-electron chi connectivity index (χ2n) is 9.05. The van der Waals surface area contributed by atoms with Crippen molar-refractivity contribution in [1.82, 2.24) is 0 Å². The molecule has 7 rings (SSSR count). The molecular formula is C28H22ClNO4. The fourth-order valence-corrected chi connectivity index (χ4v) is 6.68. The number of carbonyl (C=O) groups excluding carboxylic acids is 3. The van der Waals surface area contributed by atoms with Crippen LogP contribution in [0.2, 0.25) is 0 Å². The summed E-state index contributed by atoms with van der Waals surface area (Å²) in [5.74, 6) is -2.10. The lowest BCUT2D eigenvalue weighted by Gasteiger charge is -2.50. The summed E-state index contributed by atoms with van der Waals surface area (Å²) in [5, 5.41) is 0. The first-order valence-corrected chi connectivity index (χ1v) is 11.8. The van der Waals surface area contributed by atoms with E-state index >= 15 is 0 Å². The zero-order valence-electron chi connectivity index (χ0n) is 18.7. The van der Waals surface area contributed by atoms with Crippen molar-refractivity contribution in [2.24, 2.45) is 11.8 Å². The van der Waals surface area contributed by atoms with Gasteiger partial charge in [0.15, 0.2) is 5.78 Å². The summed E-state index contributed by atoms with van der Waals surface area (Å²) >= 11 is 7.47. The number of hydrogen-bond acceptors (Lipinski definition) is 4. The molecule has 0 N–H and O–H groups in total. The largest absolute Gasteiger partial charge is 0.492 e. The van der Waals surface area contributed by atoms with Gasteiger partial charge in [-0.2, -0.15) is 0 Å². The van der Waals surface area contributed by atoms with Gasteiger partial charge in [0.2, 0.25) is 11.8 Å². The number of halogens is 1. The highest BCUT2D eigenvalue weighted by atomic mass is 35.5. The molecule has 3 aliphatic carbocycles. The van der Waals surface area contributed by atoms with Crippen LogP contribution in [0.1, 0.15) is 52.4 Å². The monoisotopic (exact) mass is 471 g/mol. The Morgan fingerprint density at radius 1 is 0.971 bits per heavy atom. The van der Waals surface area contributed by atoms with Gasteiger partial charge in [-0.25, -0.2) is 4.90 Å². The number of amides is 2. The van der Waals surface area contributed by atoms with Gasteiger partial charge in [-0.15, -0.1) is 11.6 Å². The molecule has 5 nitrogen and oxygen atoms in total. The smallest absolute Gasteiger partial charge is 0.240 e. The van der Waals surface area contributed by atoms with Crippen molar-refractivity contribution in [3.63, 3.8) is 0 Å². The lowest BCUT2D eigenvalue weighted by Crippen LogP contribution is -2.50. The third-order valence-electron chi connectivity index (χ3n) is 7.42. The van der Waals surface area contributed by atoms with E-state index in [1.54, 1.807) is 18.2 Å². The van der Waals surface area contributed by atoms with E-state index in [4.69, 9.17) is 16.3 Å². The number of imide groups is 1. The lowest BCUT2D eigenvalue weighted by atomic mass is 9.54. The molecule has 2 amide bonds. The van der Waals surface area contributed by atoms with Crippen molar-refractivity contribution >= 4 is 34.9 Å². The Labute approximate surface area is 202 Å². The fourth-order valence-electron chi connectivity index (χ4n) is 6.11. The number of ether oxygens (including phenoxy) is 1. The highest BCUT2D eigenvalue weighted by Gasteiger charge is 2.68. The lowest BCUT2D eigenvalue weighted by molar-refractivity contribution is -0.122. The Kier molecular flexibility index (Phi) is 4.52. The maximum absolute atomic E-state index is 14.1. The molecule has 0 radical (unpaired) electrons. The second kappa shape index (κ2) is 7.28. The van der Waals surface area contributed by atoms with Crippen molar-refractivity contribution in [3.8, 4) is 5.75 Å². The summed E-state index contributed by atoms with van der Waals surface area (Å²) in [6, 6.07) is 20.5. The molecule has 4 aliphatic rings. The molecule has 2 atom stereocenters. The van der Waals surface area contributed by atoms with Gasteiger partial charge in [0.1, 0.15) is 10.6 Å². The van der Waals surface area contributed by atoms with Gasteiger partial charge in [-0.3, -0.25) is 14.4 Å². The topological polar surface area (TPSA) is 63.7 Å². The summed E-state index contributed by atoms with van der Waals surface area (Å²) in [4.78, 5) is 40.3. The molecule has 3 aromatic carbocycles. The average molecular weight is 472 g/mol. The van der Waals surface area contributed by atoms with Crippen LogP contribution in [0.4, 0.5) is 5.69 Å². The maximum Gasteiger partial charge on any atom is 0.240 e. The summed E-state index contributed by atoms with van der Waals surface area (Å²) in [6.07, 6.45) is 0. The molecule has 170 valence electrons. The van der Waals surface area contributed by atoms with Crippen molar-refractivity contribution < 1.29 is 19.1 Å². The van der Waals surface area contributed by atoms with Crippen LogP contribution in [0.5, 0.6) is 5.75 Å². The van der Waals surface area contributed by atoms with E-state index in [9.17, 15) is 14.4 Å². The molecule has 0 aromatic heterocycles. The van der Waals surface area contributed by atoms with Gasteiger partial charge in [0, 0.05) is 11.5 Å². The Balaban J connectivity index is 1.58. The van der Waals surface area contributed by atoms with Crippen LogP contribution in [-0.4, -0.2) is 24.2 Å². The van der Waals surface area contributed by atoms with E-state index < -0.39 is 16.7 Å². The number of benzene rings is 3. The number of nitrogens with zero attached hydrogens (tertiary/aromatic N) is 1. The summed E-state index contributed by atoms with van der Waals surface area (Å²) in [7, 11) is 0. The Bertz CT molecular complexity index is 1350. The van der Waals surface area contributed by atoms with E-state index in [1.807, 2.05) is 55.5 Å². The van der Waals surface area contributed by atoms with Crippen molar-refractivity contribution in [2.75, 3.05) is 11.5 Å². The number of hydrogen-bond donors (Lipinski definition) is 0. The van der Waals surface area contributed by atoms with Crippen molar-refractivity contribution in [1.29, 1.82) is 0 Å². The highest BCUT2D eigenvalue weighted by Crippen LogP contribution is 2.66. The van der Waals surface area contributed by atoms with Crippen LogP contribution in [0.15, 0.2) is 66.7 Å². The zero-order valence-corrected chi connectivity index (χ0v) is 19.5. The SMILES string of the molecule is CCOc1ccc(C(C)=O)cc1N1C(=O)[C@H]2C3c4ccccc4C(Cl)(c4ccccc43)[C@H]2C1=O. The minimum Gasteiger partial charge on any atom is -0.492 e. The molecule has 1 saturated heterocycles. The Morgan fingerprint density at radius 2 is 1.59 bits per heavy atom. The van der Waals surface area contributed by atoms with Gasteiger partial charge >= 0.3 is 0 Å². The number of alkyl halides is 1. The quantitative estimate of drug-likeness (QED) is 0.304. The van der Waals surface area contributed by atoms with E-state index in [0.717, 1.165) is 22.3 Å². The third kappa shape index (κ3) is 2.53. The van der Waals surface area contributed by atoms with Gasteiger partial charge in [-0.1, -0.05) is 48.5 Å². The van der Waals surface area contributed by atoms with E-state index in [1.165, 1.54) is 11.8 Å². The number of carbonyl (C=O) groups is 3. The molecule has 6 heteroatoms. The van der Waals surface area contributed by atoms with Gasteiger partial charge in [0.05, 0.1) is 24.1 Å². The molecule has 3 aromatic rings. The van der Waals surface area contributed by atoms with Crippen LogP contribution < -0.4 is 9.64 Å². The third-order valence-corrected chi connectivity index (χ3v) is 8.06. The predicted molar refractivity (Wildman–Crippen MR) is 128 cm³/mol. The fraction of sp³-hybridized carbons (Fsp3) is 0.250. The Hall–Kier alpha value is -3.44. The minimum atomic E-state index is -1.15. The molecule has 0 unspecified atom stereocenters. The van der Waals surface area contributed by atoms with Crippen LogP contribution in [0.3, 0.4) is 0 Å². The average Bonchev–Trinajstić information content (AvgIpc) is 3.11. The molecule has 1 fully saturated rings. The molecule has 2 bridgehead atoms. The first kappa shape index (κ1) is 21.1. The molecule has 1 heterocycles. The van der Waals surface area contributed by atoms with E-state index in [2.05, 4.69) is 0 Å². The summed E-state index contributed by atoms with van der Waals surface area (Å²) in [6.45, 7) is 3.64. The van der Waals surface area contributed by atoms with Crippen LogP contribution in [0.25, 0.3) is 0 Å².